The summed E-state index contributed by atoms with van der Waals surface area (Å²) in [4.78, 5) is -2.21. The van der Waals surface area contributed by atoms with Gasteiger partial charge >= 0.3 is 32.6 Å². The van der Waals surface area contributed by atoms with E-state index >= 15 is 0 Å². The van der Waals surface area contributed by atoms with Crippen molar-refractivity contribution in [1.82, 2.24) is 0 Å². The fourth-order valence-corrected chi connectivity index (χ4v) is 5.68. The van der Waals surface area contributed by atoms with E-state index in [2.05, 4.69) is 28.3 Å². The van der Waals surface area contributed by atoms with Gasteiger partial charge in [0.1, 0.15) is 27.9 Å². The van der Waals surface area contributed by atoms with Crippen molar-refractivity contribution in [3.63, 3.8) is 0 Å². The zero-order valence-electron chi connectivity index (χ0n) is 25.3. The van der Waals surface area contributed by atoms with Crippen LogP contribution in [0, 0.1) is 0 Å². The molecule has 26 heteroatoms. The van der Waals surface area contributed by atoms with Crippen molar-refractivity contribution in [3.05, 3.63) is 83.9 Å². The van der Waals surface area contributed by atoms with Gasteiger partial charge in [0.05, 0.1) is 28.2 Å². The summed E-state index contributed by atoms with van der Waals surface area (Å²) in [5.74, 6) is -0.938. The Hall–Kier alpha value is -4.18. The maximum absolute atomic E-state index is 13.8. The molecule has 0 saturated heterocycles. The molecule has 3 aromatic carbocycles. The van der Waals surface area contributed by atoms with Crippen LogP contribution in [0.3, 0.4) is 0 Å². The Bertz CT molecular complexity index is 2060. The number of nitrogens with zero attached hydrogens (tertiary/aromatic N) is 2. The summed E-state index contributed by atoms with van der Waals surface area (Å²) in [5.41, 5.74) is -5.19. The Morgan fingerprint density at radius 3 is 1.48 bits per heavy atom. The van der Waals surface area contributed by atoms with E-state index in [-0.39, 0.29) is 23.9 Å². The van der Waals surface area contributed by atoms with Crippen molar-refractivity contribution in [2.45, 2.75) is 22.1 Å². The van der Waals surface area contributed by atoms with Crippen LogP contribution in [0.5, 0.6) is 11.5 Å². The monoisotopic (exact) mass is 826 g/mol. The van der Waals surface area contributed by atoms with E-state index in [0.717, 1.165) is 54.6 Å². The largest absolute Gasteiger partial charge is 0.748 e. The molecule has 0 amide bonds. The van der Waals surface area contributed by atoms with Gasteiger partial charge in [-0.3, -0.25) is 13.6 Å². The van der Waals surface area contributed by atoms with Gasteiger partial charge in [-0.15, -0.1) is 0 Å². The third-order valence-corrected chi connectivity index (χ3v) is 9.10. The van der Waals surface area contributed by atoms with Crippen molar-refractivity contribution in [2.75, 3.05) is 24.7 Å². The van der Waals surface area contributed by atoms with Crippen LogP contribution >= 0.6 is 12.0 Å². The van der Waals surface area contributed by atoms with Gasteiger partial charge in [0.25, 0.3) is 0 Å². The standard InChI is InChI=1S/C26H22F6N2O14S4/c27-25(28,29)23(17-4-8-19(9-5-17)43-12-14-49-48-47-35)33-45-51(39,40)21-2-1-3-22(16-21)52(41,42)46-34-24(26(30,31)32)18-6-10-20(11-7-18)44-13-15-50(36,37)38/h1-11,16,35H,12-15H2,(H,36,37,38)/p-2/b33-23-,34-24+. The van der Waals surface area contributed by atoms with E-state index in [9.17, 15) is 61.4 Å². The van der Waals surface area contributed by atoms with Crippen LogP contribution in [-0.2, 0) is 48.3 Å². The van der Waals surface area contributed by atoms with Gasteiger partial charge in [-0.1, -0.05) is 16.4 Å². The molecule has 0 heterocycles. The number of rotatable bonds is 18. The molecule has 0 bridgehead atoms. The average molecular weight is 827 g/mol. The predicted molar refractivity (Wildman–Crippen MR) is 161 cm³/mol. The van der Waals surface area contributed by atoms with Crippen molar-refractivity contribution >= 4 is 53.8 Å². The van der Waals surface area contributed by atoms with Gasteiger partial charge < -0.3 is 19.3 Å². The molecule has 3 rings (SSSR count). The number of halogens is 6. The van der Waals surface area contributed by atoms with Crippen LogP contribution < -0.4 is 14.7 Å². The summed E-state index contributed by atoms with van der Waals surface area (Å²) < 4.78 is 188. The van der Waals surface area contributed by atoms with Crippen LogP contribution in [-0.4, -0.2) is 78.3 Å². The summed E-state index contributed by atoms with van der Waals surface area (Å²) in [6.45, 7) is -0.675. The second kappa shape index (κ2) is 17.6. The van der Waals surface area contributed by atoms with Crippen molar-refractivity contribution in [3.8, 4) is 11.5 Å². The Balaban J connectivity index is 1.80. The first-order valence-electron chi connectivity index (χ1n) is 13.4. The zero-order valence-corrected chi connectivity index (χ0v) is 28.5. The summed E-state index contributed by atoms with van der Waals surface area (Å²) in [5, 5.41) is 18.2. The Labute approximate surface area is 294 Å². The molecule has 0 spiro atoms. The minimum Gasteiger partial charge on any atom is -0.748 e. The van der Waals surface area contributed by atoms with E-state index in [1.54, 1.807) is 0 Å². The minimum atomic E-state index is -5.34. The van der Waals surface area contributed by atoms with Crippen molar-refractivity contribution in [1.29, 1.82) is 0 Å². The highest BCUT2D eigenvalue weighted by atomic mass is 32.2. The maximum atomic E-state index is 13.8. The lowest BCUT2D eigenvalue weighted by molar-refractivity contribution is -0.777. The van der Waals surface area contributed by atoms with Gasteiger partial charge in [-0.2, -0.15) is 47.5 Å². The van der Waals surface area contributed by atoms with Crippen LogP contribution in [0.2, 0.25) is 0 Å². The number of alkyl halides is 6. The first-order valence-corrected chi connectivity index (χ1v) is 18.7. The number of ether oxygens (including phenoxy) is 2. The quantitative estimate of drug-likeness (QED) is 0.0341. The molecule has 16 nitrogen and oxygen atoms in total. The molecule has 0 fully saturated rings. The van der Waals surface area contributed by atoms with E-state index in [4.69, 9.17) is 9.47 Å². The lowest BCUT2D eigenvalue weighted by Crippen LogP contribution is -2.25. The second-order valence-electron chi connectivity index (χ2n) is 9.37. The van der Waals surface area contributed by atoms with Gasteiger partial charge in [0.15, 0.2) is 11.4 Å². The number of oxime groups is 2. The summed E-state index contributed by atoms with van der Waals surface area (Å²) in [6, 6.07) is 9.58. The third-order valence-electron chi connectivity index (χ3n) is 5.74. The molecule has 0 aromatic heterocycles. The Kier molecular flexibility index (Phi) is 14.3. The molecule has 0 aliphatic heterocycles. The molecule has 286 valence electrons. The summed E-state index contributed by atoms with van der Waals surface area (Å²) >= 11 is 0.589. The molecular formula is C26H20F6N2O14S4-2. The predicted octanol–water partition coefficient (Wildman–Crippen LogP) is 3.20. The lowest BCUT2D eigenvalue weighted by Gasteiger charge is -2.12. The van der Waals surface area contributed by atoms with Crippen molar-refractivity contribution < 1.29 is 88.8 Å². The highest BCUT2D eigenvalue weighted by Gasteiger charge is 2.40. The number of hydrogen-bond donors (Lipinski definition) is 0. The molecule has 0 saturated carbocycles. The topological polar surface area (TPSA) is 229 Å². The Morgan fingerprint density at radius 2 is 1.10 bits per heavy atom. The van der Waals surface area contributed by atoms with E-state index in [1.807, 2.05) is 0 Å². The summed E-state index contributed by atoms with van der Waals surface area (Å²) in [6.07, 6.45) is -10.6. The van der Waals surface area contributed by atoms with Crippen LogP contribution in [0.4, 0.5) is 26.3 Å². The van der Waals surface area contributed by atoms with Crippen LogP contribution in [0.1, 0.15) is 11.1 Å². The first-order chi connectivity index (χ1) is 24.1. The maximum Gasteiger partial charge on any atom is 0.437 e. The molecule has 0 N–H and O–H groups in total. The molecule has 52 heavy (non-hydrogen) atoms. The highest BCUT2D eigenvalue weighted by Crippen LogP contribution is 2.28. The van der Waals surface area contributed by atoms with Gasteiger partial charge in [-0.25, -0.2) is 8.42 Å². The SMILES string of the molecule is O=S(=O)([O-])CCOc1ccc(/C(=N\OS(=O)(=O)c2cccc(S(=O)(=O)O/N=C(/c3ccc(OCCSOO[O-])cc3)C(F)(F)F)c2)C(F)(F)F)cc1. The van der Waals surface area contributed by atoms with Crippen LogP contribution in [0.15, 0.2) is 92.9 Å². The second-order valence-corrected chi connectivity index (χ2v) is 14.7. The molecule has 0 atom stereocenters. The third kappa shape index (κ3) is 13.1. The van der Waals surface area contributed by atoms with Crippen molar-refractivity contribution in [2.24, 2.45) is 10.3 Å². The molecular weight excluding hydrogens is 807 g/mol. The van der Waals surface area contributed by atoms with Gasteiger partial charge in [0.2, 0.25) is 0 Å². The minimum absolute atomic E-state index is 0.0570. The Morgan fingerprint density at radius 1 is 0.673 bits per heavy atom. The number of benzene rings is 3. The average Bonchev–Trinajstić information content (AvgIpc) is 3.04. The van der Waals surface area contributed by atoms with Gasteiger partial charge in [0, 0.05) is 23.2 Å². The normalized spacial score (nSPS) is 13.5. The zero-order chi connectivity index (χ0) is 38.8. The first kappa shape index (κ1) is 42.2. The van der Waals surface area contributed by atoms with Crippen LogP contribution in [0.25, 0.3) is 0 Å². The highest BCUT2D eigenvalue weighted by molar-refractivity contribution is 7.94. The molecule has 0 aliphatic rings. The van der Waals surface area contributed by atoms with Gasteiger partial charge in [-0.05, 0) is 66.7 Å². The summed E-state index contributed by atoms with van der Waals surface area (Å²) in [7, 11) is -15.3. The smallest absolute Gasteiger partial charge is 0.437 e. The molecule has 0 unspecified atom stereocenters. The lowest BCUT2D eigenvalue weighted by atomic mass is 10.1. The molecule has 0 aliphatic carbocycles. The molecule has 3 aromatic rings. The number of hydrogen-bond acceptors (Lipinski definition) is 17. The van der Waals surface area contributed by atoms with E-state index in [0.29, 0.717) is 30.2 Å². The fraction of sp³-hybridized carbons (Fsp3) is 0.231. The molecule has 0 radical (unpaired) electrons. The van der Waals surface area contributed by atoms with E-state index in [1.165, 1.54) is 0 Å². The fourth-order valence-electron chi connectivity index (χ4n) is 3.51. The van der Waals surface area contributed by atoms with E-state index < -0.39 is 87.4 Å².